The molecule has 1 aliphatic rings. The Morgan fingerprint density at radius 2 is 1.09 bits per heavy atom. The van der Waals surface area contributed by atoms with Gasteiger partial charge in [0.2, 0.25) is 0 Å². The summed E-state index contributed by atoms with van der Waals surface area (Å²) in [4.78, 5) is 44.8. The van der Waals surface area contributed by atoms with Gasteiger partial charge >= 0.3 is 0 Å². The van der Waals surface area contributed by atoms with Gasteiger partial charge in [0.05, 0.1) is 18.2 Å². The quantitative estimate of drug-likeness (QED) is 0.134. The number of amides is 2. The molecule has 9 heteroatoms. The van der Waals surface area contributed by atoms with E-state index in [1.54, 1.807) is 72.8 Å². The Kier molecular flexibility index (Phi) is 9.94. The third-order valence-corrected chi connectivity index (χ3v) is 9.38. The first-order valence-electron chi connectivity index (χ1n) is 18.0. The van der Waals surface area contributed by atoms with Crippen LogP contribution < -0.4 is 10.6 Å². The second-order valence-electron chi connectivity index (χ2n) is 13.0. The fourth-order valence-electron chi connectivity index (χ4n) is 6.68. The summed E-state index contributed by atoms with van der Waals surface area (Å²) in [7, 11) is 0. The molecule has 2 heterocycles. The molecule has 9 nitrogen and oxygen atoms in total. The Balaban J connectivity index is 1.39. The maximum Gasteiger partial charge on any atom is 0.256 e. The Bertz CT molecular complexity index is 2790. The van der Waals surface area contributed by atoms with Crippen LogP contribution in [-0.2, 0) is 0 Å². The summed E-state index contributed by atoms with van der Waals surface area (Å²) in [5.41, 5.74) is 7.58. The van der Waals surface area contributed by atoms with Crippen LogP contribution in [0, 0.1) is 17.9 Å². The van der Waals surface area contributed by atoms with Gasteiger partial charge in [0.25, 0.3) is 11.8 Å². The summed E-state index contributed by atoms with van der Waals surface area (Å²) in [6, 6.07) is 53.6. The molecule has 1 aromatic heterocycles. The number of carbonyl (C=O) groups excluding carboxylic acids is 2. The first-order chi connectivity index (χ1) is 28.0. The lowest BCUT2D eigenvalue weighted by molar-refractivity contribution is 0.0976. The van der Waals surface area contributed by atoms with Gasteiger partial charge in [-0.25, -0.2) is 14.8 Å². The van der Waals surface area contributed by atoms with Crippen LogP contribution in [0.5, 0.6) is 0 Å². The van der Waals surface area contributed by atoms with E-state index in [-0.39, 0.29) is 17.6 Å². The molecule has 0 saturated heterocycles. The Hall–Kier alpha value is -8.40. The minimum Gasteiger partial charge on any atom is -0.325 e. The van der Waals surface area contributed by atoms with E-state index in [0.29, 0.717) is 62.1 Å². The fourth-order valence-corrected chi connectivity index (χ4v) is 6.68. The molecule has 270 valence electrons. The fraction of sp³-hybridized carbons (Fsp3) is 0. The monoisotopic (exact) mass is 737 g/mol. The van der Waals surface area contributed by atoms with E-state index >= 15 is 0 Å². The third kappa shape index (κ3) is 7.41. The number of aromatic nitrogens is 1. The number of aromatic amines is 1. The lowest BCUT2D eigenvalue weighted by Crippen LogP contribution is -2.30. The molecule has 0 bridgehead atoms. The molecule has 6 aromatic carbocycles. The number of amidine groups is 2. The number of carbonyl (C=O) groups is 2. The van der Waals surface area contributed by atoms with Crippen molar-refractivity contribution >= 4 is 52.0 Å². The second kappa shape index (κ2) is 15.9. The Labute approximate surface area is 328 Å². The normalized spacial score (nSPS) is 12.7. The van der Waals surface area contributed by atoms with Crippen LogP contribution >= 0.6 is 0 Å². The molecular weight excluding hydrogens is 707 g/mol. The molecule has 0 spiro atoms. The van der Waals surface area contributed by atoms with Gasteiger partial charge in [-0.3, -0.25) is 9.59 Å². The van der Waals surface area contributed by atoms with E-state index in [0.717, 1.165) is 22.3 Å². The van der Waals surface area contributed by atoms with Gasteiger partial charge in [-0.05, 0) is 58.7 Å². The molecule has 8 rings (SSSR count). The predicted octanol–water partition coefficient (Wildman–Crippen LogP) is 10.5. The summed E-state index contributed by atoms with van der Waals surface area (Å²) < 4.78 is 0. The Morgan fingerprint density at radius 1 is 0.596 bits per heavy atom. The van der Waals surface area contributed by atoms with Gasteiger partial charge in [0.15, 0.2) is 11.5 Å². The van der Waals surface area contributed by atoms with Crippen LogP contribution in [-0.4, -0.2) is 28.5 Å². The van der Waals surface area contributed by atoms with Crippen LogP contribution in [0.3, 0.4) is 0 Å². The lowest BCUT2D eigenvalue weighted by atomic mass is 9.94. The highest BCUT2D eigenvalue weighted by atomic mass is 16.2. The van der Waals surface area contributed by atoms with Crippen molar-refractivity contribution in [2.45, 2.75) is 0 Å². The maximum atomic E-state index is 13.7. The molecule has 7 aromatic rings. The number of anilines is 1. The first-order valence-corrected chi connectivity index (χ1v) is 18.0. The van der Waals surface area contributed by atoms with Crippen molar-refractivity contribution in [3.8, 4) is 28.3 Å². The molecule has 3 N–H and O–H groups in total. The summed E-state index contributed by atoms with van der Waals surface area (Å²) in [5.74, 6) is 0.706. The number of nitriles is 1. The number of hydrogen-bond donors (Lipinski definition) is 3. The topological polar surface area (TPSA) is 127 Å². The number of nitrogens with one attached hydrogen (secondary N) is 3. The van der Waals surface area contributed by atoms with Crippen LogP contribution in [0.1, 0.15) is 37.4 Å². The number of benzene rings is 6. The lowest BCUT2D eigenvalue weighted by Gasteiger charge is -2.12. The van der Waals surface area contributed by atoms with Gasteiger partial charge in [-0.1, -0.05) is 133 Å². The van der Waals surface area contributed by atoms with E-state index in [2.05, 4.69) is 26.5 Å². The molecule has 1 aliphatic heterocycles. The number of nitrogens with zero attached hydrogens (tertiary/aromatic N) is 4. The predicted molar refractivity (Wildman–Crippen MR) is 225 cm³/mol. The number of aliphatic imine (C=N–C) groups is 2. The van der Waals surface area contributed by atoms with Gasteiger partial charge in [-0.15, -0.1) is 0 Å². The van der Waals surface area contributed by atoms with Gasteiger partial charge in [0, 0.05) is 33.4 Å². The number of hydrogen-bond acceptors (Lipinski definition) is 4. The van der Waals surface area contributed by atoms with Crippen LogP contribution in [0.25, 0.3) is 38.2 Å². The third-order valence-electron chi connectivity index (χ3n) is 9.38. The standard InChI is InChI=1S/C48H31N7O2/c1-50-38-28-26-35(27-29-38)42-40(33-16-8-3-9-17-33)44(53-46(42)55-48(57)37-20-12-5-13-21-37)51-43-39(32-14-6-2-7-15-32)41(34-24-22-31(30-49)23-25-34)45(52-43)54-47(56)36-18-10-4-11-19-36/h2-29,53H,(H,55,57)(H,51,52,54,56). The molecule has 0 fully saturated rings. The van der Waals surface area contributed by atoms with Gasteiger partial charge < -0.3 is 15.6 Å². The van der Waals surface area contributed by atoms with Gasteiger partial charge in [-0.2, -0.15) is 5.26 Å². The second-order valence-corrected chi connectivity index (χ2v) is 13.0. The molecule has 0 unspecified atom stereocenters. The van der Waals surface area contributed by atoms with Crippen LogP contribution in [0.2, 0.25) is 0 Å². The van der Waals surface area contributed by atoms with Crippen molar-refractivity contribution in [2.24, 2.45) is 9.98 Å². The molecule has 57 heavy (non-hydrogen) atoms. The van der Waals surface area contributed by atoms with Crippen molar-refractivity contribution in [3.63, 3.8) is 0 Å². The highest BCUT2D eigenvalue weighted by Crippen LogP contribution is 2.46. The van der Waals surface area contributed by atoms with E-state index in [1.165, 1.54) is 0 Å². The zero-order valence-corrected chi connectivity index (χ0v) is 30.3. The highest BCUT2D eigenvalue weighted by Gasteiger charge is 2.31. The van der Waals surface area contributed by atoms with Crippen molar-refractivity contribution in [3.05, 3.63) is 209 Å². The van der Waals surface area contributed by atoms with Crippen molar-refractivity contribution < 1.29 is 9.59 Å². The number of rotatable bonds is 8. The van der Waals surface area contributed by atoms with E-state index in [4.69, 9.17) is 16.6 Å². The van der Waals surface area contributed by atoms with Crippen LogP contribution in [0.4, 0.5) is 17.3 Å². The van der Waals surface area contributed by atoms with E-state index in [9.17, 15) is 14.9 Å². The summed E-state index contributed by atoms with van der Waals surface area (Å²) in [6.07, 6.45) is 0. The van der Waals surface area contributed by atoms with Crippen LogP contribution in [0.15, 0.2) is 180 Å². The zero-order chi connectivity index (χ0) is 39.1. The summed E-state index contributed by atoms with van der Waals surface area (Å²) in [5, 5.41) is 15.7. The smallest absolute Gasteiger partial charge is 0.256 e. The van der Waals surface area contributed by atoms with Crippen molar-refractivity contribution in [1.82, 2.24) is 10.3 Å². The zero-order valence-electron chi connectivity index (χ0n) is 30.3. The average molecular weight is 738 g/mol. The van der Waals surface area contributed by atoms with E-state index < -0.39 is 0 Å². The average Bonchev–Trinajstić information content (AvgIpc) is 3.81. The molecule has 0 radical (unpaired) electrons. The summed E-state index contributed by atoms with van der Waals surface area (Å²) >= 11 is 0. The molecular formula is C48H31N7O2. The van der Waals surface area contributed by atoms with Crippen molar-refractivity contribution in [1.29, 1.82) is 5.26 Å². The van der Waals surface area contributed by atoms with Crippen molar-refractivity contribution in [2.75, 3.05) is 5.32 Å². The minimum absolute atomic E-state index is 0.284. The van der Waals surface area contributed by atoms with Gasteiger partial charge in [0.1, 0.15) is 17.5 Å². The molecule has 0 atom stereocenters. The van der Waals surface area contributed by atoms with E-state index in [1.807, 2.05) is 97.1 Å². The highest BCUT2D eigenvalue weighted by molar-refractivity contribution is 6.51. The molecule has 0 aliphatic carbocycles. The molecule has 2 amide bonds. The number of H-pyrrole nitrogens is 1. The SMILES string of the molecule is [C-]#[N+]c1ccc(-c2c(NC(=O)c3ccccc3)[nH]c(N=C3N=C(NC(=O)c4ccccc4)C(c4ccc(C#N)cc4)=C3c3ccccc3)c2-c2ccccc2)cc1. The largest absolute Gasteiger partial charge is 0.325 e. The minimum atomic E-state index is -0.352. The Morgan fingerprint density at radius 3 is 1.65 bits per heavy atom. The maximum absolute atomic E-state index is 13.7. The first kappa shape index (κ1) is 35.6. The summed E-state index contributed by atoms with van der Waals surface area (Å²) in [6.45, 7) is 7.54. The molecule has 0 saturated carbocycles.